The minimum atomic E-state index is -1.11. The van der Waals surface area contributed by atoms with Crippen LogP contribution in [0.1, 0.15) is 24.7 Å². The molecule has 1 atom stereocenters. The van der Waals surface area contributed by atoms with E-state index in [4.69, 9.17) is 4.74 Å². The summed E-state index contributed by atoms with van der Waals surface area (Å²) in [6.45, 7) is 8.66. The Labute approximate surface area is 140 Å². The van der Waals surface area contributed by atoms with Crippen molar-refractivity contribution >= 4 is 30.1 Å². The number of imidazole rings is 1. The molecule has 1 N–H and O–H groups in total. The monoisotopic (exact) mass is 389 g/mol. The third kappa shape index (κ3) is 4.33. The first-order valence-corrected chi connectivity index (χ1v) is 12.1. The third-order valence-electron chi connectivity index (χ3n) is 3.85. The maximum Gasteiger partial charge on any atom is 0.407 e. The molecule has 0 saturated carbocycles. The fourth-order valence-electron chi connectivity index (χ4n) is 2.56. The minimum absolute atomic E-state index is 0.176. The van der Waals surface area contributed by atoms with Gasteiger partial charge in [-0.2, -0.15) is 0 Å². The zero-order valence-electron chi connectivity index (χ0n) is 13.4. The van der Waals surface area contributed by atoms with E-state index in [1.807, 2.05) is 4.57 Å². The van der Waals surface area contributed by atoms with Crippen LogP contribution in [0, 0.1) is 0 Å². The number of nitrogens with zero attached hydrogens (tertiary/aromatic N) is 3. The molecule has 0 aliphatic carbocycles. The lowest BCUT2D eigenvalue weighted by Gasteiger charge is -2.22. The molecule has 1 amide bonds. The van der Waals surface area contributed by atoms with Crippen LogP contribution in [0.4, 0.5) is 4.79 Å². The van der Waals surface area contributed by atoms with E-state index in [1.165, 1.54) is 4.90 Å². The van der Waals surface area contributed by atoms with Gasteiger partial charge in [0.2, 0.25) is 0 Å². The average molecular weight is 390 g/mol. The van der Waals surface area contributed by atoms with E-state index in [0.717, 1.165) is 35.9 Å². The molecule has 1 saturated heterocycles. The maximum atomic E-state index is 11.3. The van der Waals surface area contributed by atoms with Crippen LogP contribution in [-0.2, 0) is 11.5 Å². The summed E-state index contributed by atoms with van der Waals surface area (Å²) in [6, 6.07) is 0.934. The van der Waals surface area contributed by atoms with E-state index in [-0.39, 0.29) is 6.04 Å². The second kappa shape index (κ2) is 7.14. The molecule has 0 bridgehead atoms. The standard InChI is InChI=1S/C14H24BrN3O3Si/c1-22(2,3)8-7-21-10-18-12(15)9-16-13(18)11-5-4-6-17(11)14(19)20/h9,11H,4-8,10H2,1-3H3,(H,19,20)/t11-/m0/s1. The van der Waals surface area contributed by atoms with E-state index < -0.39 is 14.2 Å². The van der Waals surface area contributed by atoms with E-state index >= 15 is 0 Å². The van der Waals surface area contributed by atoms with Crippen LogP contribution in [0.15, 0.2) is 10.8 Å². The molecule has 8 heteroatoms. The SMILES string of the molecule is C[Si](C)(C)CCOCn1c(Br)cnc1[C@@H]1CCCN1C(=O)O. The molecule has 0 radical (unpaired) electrons. The van der Waals surface area contributed by atoms with Gasteiger partial charge in [0.25, 0.3) is 0 Å². The number of carboxylic acid groups (broad SMARTS) is 1. The zero-order chi connectivity index (χ0) is 16.3. The number of amides is 1. The normalized spacial score (nSPS) is 18.9. The van der Waals surface area contributed by atoms with Crippen LogP contribution < -0.4 is 0 Å². The minimum Gasteiger partial charge on any atom is -0.465 e. The van der Waals surface area contributed by atoms with Crippen molar-refractivity contribution in [2.45, 2.75) is 51.3 Å². The highest BCUT2D eigenvalue weighted by Crippen LogP contribution is 2.32. The number of carbonyl (C=O) groups is 1. The lowest BCUT2D eigenvalue weighted by molar-refractivity contribution is 0.0791. The molecule has 0 aromatic carbocycles. The molecule has 1 aromatic heterocycles. The summed E-state index contributed by atoms with van der Waals surface area (Å²) >= 11 is 3.48. The van der Waals surface area contributed by atoms with Crippen molar-refractivity contribution in [2.24, 2.45) is 0 Å². The van der Waals surface area contributed by atoms with Gasteiger partial charge >= 0.3 is 6.09 Å². The van der Waals surface area contributed by atoms with Gasteiger partial charge in [-0.05, 0) is 34.8 Å². The first kappa shape index (κ1) is 17.5. The second-order valence-corrected chi connectivity index (χ2v) is 13.3. The Morgan fingerprint density at radius 1 is 1.55 bits per heavy atom. The van der Waals surface area contributed by atoms with Crippen LogP contribution in [0.3, 0.4) is 0 Å². The van der Waals surface area contributed by atoms with Gasteiger partial charge in [-0.15, -0.1) is 0 Å². The summed E-state index contributed by atoms with van der Waals surface area (Å²) in [5.41, 5.74) is 0. The largest absolute Gasteiger partial charge is 0.465 e. The van der Waals surface area contributed by atoms with E-state index in [2.05, 4.69) is 40.6 Å². The molecule has 1 aliphatic heterocycles. The Hall–Kier alpha value is -0.863. The van der Waals surface area contributed by atoms with Crippen LogP contribution >= 0.6 is 15.9 Å². The molecule has 1 aliphatic rings. The topological polar surface area (TPSA) is 67.6 Å². The van der Waals surface area contributed by atoms with Crippen molar-refractivity contribution < 1.29 is 14.6 Å². The molecule has 124 valence electrons. The van der Waals surface area contributed by atoms with Crippen molar-refractivity contribution in [1.29, 1.82) is 0 Å². The smallest absolute Gasteiger partial charge is 0.407 e. The van der Waals surface area contributed by atoms with Crippen molar-refractivity contribution in [3.8, 4) is 0 Å². The molecule has 2 heterocycles. The third-order valence-corrected chi connectivity index (χ3v) is 6.19. The number of hydrogen-bond donors (Lipinski definition) is 1. The van der Waals surface area contributed by atoms with Gasteiger partial charge in [0.1, 0.15) is 17.2 Å². The molecular formula is C14H24BrN3O3Si. The van der Waals surface area contributed by atoms with Crippen molar-refractivity contribution in [3.05, 3.63) is 16.6 Å². The second-order valence-electron chi connectivity index (χ2n) is 6.85. The Kier molecular flexibility index (Phi) is 5.68. The van der Waals surface area contributed by atoms with Gasteiger partial charge in [-0.1, -0.05) is 19.6 Å². The highest BCUT2D eigenvalue weighted by molar-refractivity contribution is 9.10. The van der Waals surface area contributed by atoms with E-state index in [9.17, 15) is 9.90 Å². The predicted molar refractivity (Wildman–Crippen MR) is 90.7 cm³/mol. The summed E-state index contributed by atoms with van der Waals surface area (Å²) in [5.74, 6) is 0.764. The molecule has 0 unspecified atom stereocenters. The molecule has 1 fully saturated rings. The summed E-state index contributed by atoms with van der Waals surface area (Å²) in [6.07, 6.45) is 2.52. The highest BCUT2D eigenvalue weighted by atomic mass is 79.9. The molecule has 22 heavy (non-hydrogen) atoms. The number of hydrogen-bond acceptors (Lipinski definition) is 3. The van der Waals surface area contributed by atoms with Gasteiger partial charge in [0, 0.05) is 21.2 Å². The molecule has 2 rings (SSSR count). The Morgan fingerprint density at radius 3 is 2.91 bits per heavy atom. The fraction of sp³-hybridized carbons (Fsp3) is 0.714. The van der Waals surface area contributed by atoms with Crippen LogP contribution in [0.25, 0.3) is 0 Å². The first-order chi connectivity index (χ1) is 10.3. The quantitative estimate of drug-likeness (QED) is 0.593. The molecular weight excluding hydrogens is 366 g/mol. The lowest BCUT2D eigenvalue weighted by Crippen LogP contribution is -2.30. The van der Waals surface area contributed by atoms with Crippen molar-refractivity contribution in [2.75, 3.05) is 13.2 Å². The van der Waals surface area contributed by atoms with E-state index in [1.54, 1.807) is 6.20 Å². The van der Waals surface area contributed by atoms with Crippen LogP contribution in [0.2, 0.25) is 25.7 Å². The van der Waals surface area contributed by atoms with E-state index in [0.29, 0.717) is 13.3 Å². The van der Waals surface area contributed by atoms with Crippen LogP contribution in [-0.4, -0.2) is 46.9 Å². The van der Waals surface area contributed by atoms with Gasteiger partial charge in [0.15, 0.2) is 0 Å². The number of rotatable bonds is 6. The lowest BCUT2D eigenvalue weighted by atomic mass is 10.2. The number of ether oxygens (including phenoxy) is 1. The van der Waals surface area contributed by atoms with Gasteiger partial charge in [0.05, 0.1) is 12.2 Å². The van der Waals surface area contributed by atoms with Gasteiger partial charge < -0.3 is 9.84 Å². The Morgan fingerprint density at radius 2 is 2.27 bits per heavy atom. The van der Waals surface area contributed by atoms with Gasteiger partial charge in [-0.3, -0.25) is 9.47 Å². The Balaban J connectivity index is 2.03. The predicted octanol–water partition coefficient (Wildman–Crippen LogP) is 3.77. The number of aromatic nitrogens is 2. The summed E-state index contributed by atoms with van der Waals surface area (Å²) in [4.78, 5) is 17.2. The first-order valence-electron chi connectivity index (χ1n) is 7.58. The summed E-state index contributed by atoms with van der Waals surface area (Å²) in [5, 5.41) is 9.30. The summed E-state index contributed by atoms with van der Waals surface area (Å²) in [7, 11) is -1.11. The zero-order valence-corrected chi connectivity index (χ0v) is 16.0. The van der Waals surface area contributed by atoms with Crippen LogP contribution in [0.5, 0.6) is 0 Å². The molecule has 1 aromatic rings. The number of likely N-dealkylation sites (tertiary alicyclic amines) is 1. The average Bonchev–Trinajstić information content (AvgIpc) is 3.00. The van der Waals surface area contributed by atoms with Crippen molar-refractivity contribution in [3.63, 3.8) is 0 Å². The maximum absolute atomic E-state index is 11.3. The number of halogens is 1. The van der Waals surface area contributed by atoms with Crippen molar-refractivity contribution in [1.82, 2.24) is 14.5 Å². The Bertz CT molecular complexity index is 530. The fourth-order valence-corrected chi connectivity index (χ4v) is 3.70. The molecule has 6 nitrogen and oxygen atoms in total. The highest BCUT2D eigenvalue weighted by Gasteiger charge is 2.33. The molecule has 0 spiro atoms. The summed E-state index contributed by atoms with van der Waals surface area (Å²) < 4.78 is 8.55. The van der Waals surface area contributed by atoms with Gasteiger partial charge in [-0.25, -0.2) is 9.78 Å².